The van der Waals surface area contributed by atoms with Gasteiger partial charge in [-0.25, -0.2) is 0 Å². The maximum atomic E-state index is 12.5. The molecule has 0 aliphatic heterocycles. The van der Waals surface area contributed by atoms with E-state index in [9.17, 15) is 4.79 Å². The maximum Gasteiger partial charge on any atom is 0.258 e. The van der Waals surface area contributed by atoms with E-state index in [4.69, 9.17) is 23.8 Å². The zero-order valence-corrected chi connectivity index (χ0v) is 20.0. The van der Waals surface area contributed by atoms with Gasteiger partial charge in [-0.3, -0.25) is 10.1 Å². The van der Waals surface area contributed by atoms with Crippen molar-refractivity contribution < 1.29 is 4.79 Å². The lowest BCUT2D eigenvalue weighted by Gasteiger charge is -2.12. The van der Waals surface area contributed by atoms with E-state index in [2.05, 4.69) is 39.9 Å². The smallest absolute Gasteiger partial charge is 0.258 e. The number of rotatable bonds is 6. The minimum atomic E-state index is -0.370. The van der Waals surface area contributed by atoms with E-state index in [-0.39, 0.29) is 11.0 Å². The number of anilines is 1. The van der Waals surface area contributed by atoms with Crippen molar-refractivity contribution in [2.45, 2.75) is 33.1 Å². The third-order valence-corrected chi connectivity index (χ3v) is 5.84. The summed E-state index contributed by atoms with van der Waals surface area (Å²) in [6.07, 6.45) is 3.43. The molecule has 8 heteroatoms. The third kappa shape index (κ3) is 5.38. The highest BCUT2D eigenvalue weighted by Gasteiger charge is 2.13. The SMILES string of the molecule is CCCCc1ccc(-n2nc3cc(C)c(NC(=S)NC(=O)c4ccccc4Cl)cc3n2)cc1. The van der Waals surface area contributed by atoms with E-state index in [1.54, 1.807) is 29.1 Å². The summed E-state index contributed by atoms with van der Waals surface area (Å²) >= 11 is 11.4. The first-order chi connectivity index (χ1) is 15.9. The van der Waals surface area contributed by atoms with E-state index < -0.39 is 0 Å². The van der Waals surface area contributed by atoms with Gasteiger partial charge in [-0.1, -0.05) is 49.2 Å². The quantitative estimate of drug-likeness (QED) is 0.341. The van der Waals surface area contributed by atoms with Crippen LogP contribution in [0.15, 0.2) is 60.7 Å². The number of aryl methyl sites for hydroxylation is 2. The number of amides is 1. The number of thiocarbonyl (C=S) groups is 1. The summed E-state index contributed by atoms with van der Waals surface area (Å²) in [6, 6.07) is 18.9. The van der Waals surface area contributed by atoms with Gasteiger partial charge < -0.3 is 5.32 Å². The van der Waals surface area contributed by atoms with Crippen LogP contribution in [0.2, 0.25) is 5.02 Å². The second kappa shape index (κ2) is 10.1. The molecule has 0 bridgehead atoms. The second-order valence-corrected chi connectivity index (χ2v) is 8.62. The van der Waals surface area contributed by atoms with E-state index in [0.717, 1.165) is 34.4 Å². The average Bonchev–Trinajstić information content (AvgIpc) is 3.21. The molecule has 0 atom stereocenters. The van der Waals surface area contributed by atoms with Crippen LogP contribution < -0.4 is 10.6 Å². The zero-order valence-electron chi connectivity index (χ0n) is 18.4. The van der Waals surface area contributed by atoms with Crippen LogP contribution in [0.1, 0.15) is 41.3 Å². The monoisotopic (exact) mass is 477 g/mol. The molecule has 168 valence electrons. The van der Waals surface area contributed by atoms with Gasteiger partial charge >= 0.3 is 0 Å². The van der Waals surface area contributed by atoms with Gasteiger partial charge in [0.05, 0.1) is 16.3 Å². The van der Waals surface area contributed by atoms with Crippen molar-refractivity contribution in [3.63, 3.8) is 0 Å². The lowest BCUT2D eigenvalue weighted by atomic mass is 10.1. The summed E-state index contributed by atoms with van der Waals surface area (Å²) < 4.78 is 0. The number of unbranched alkanes of at least 4 members (excludes halogenated alkanes) is 1. The summed E-state index contributed by atoms with van der Waals surface area (Å²) in [4.78, 5) is 14.1. The number of benzene rings is 3. The molecule has 1 amide bonds. The largest absolute Gasteiger partial charge is 0.332 e. The maximum absolute atomic E-state index is 12.5. The first kappa shape index (κ1) is 22.9. The van der Waals surface area contributed by atoms with Crippen LogP contribution in [-0.4, -0.2) is 26.0 Å². The molecule has 0 aliphatic carbocycles. The van der Waals surface area contributed by atoms with Crippen molar-refractivity contribution in [2.24, 2.45) is 0 Å². The molecule has 6 nitrogen and oxygen atoms in total. The van der Waals surface area contributed by atoms with Crippen molar-refractivity contribution in [1.29, 1.82) is 0 Å². The molecular weight excluding hydrogens is 454 g/mol. The lowest BCUT2D eigenvalue weighted by Crippen LogP contribution is -2.34. The Labute approximate surface area is 203 Å². The molecule has 3 aromatic carbocycles. The molecule has 1 aromatic heterocycles. The molecule has 0 unspecified atom stereocenters. The topological polar surface area (TPSA) is 71.8 Å². The summed E-state index contributed by atoms with van der Waals surface area (Å²) in [5.74, 6) is -0.370. The van der Waals surface area contributed by atoms with Gasteiger partial charge in [0.2, 0.25) is 0 Å². The van der Waals surface area contributed by atoms with Gasteiger partial charge in [-0.05, 0) is 79.5 Å². The van der Waals surface area contributed by atoms with Crippen LogP contribution in [0.3, 0.4) is 0 Å². The Bertz CT molecular complexity index is 1320. The summed E-state index contributed by atoms with van der Waals surface area (Å²) in [5.41, 5.74) is 5.75. The van der Waals surface area contributed by atoms with Gasteiger partial charge in [-0.15, -0.1) is 10.2 Å². The minimum absolute atomic E-state index is 0.178. The average molecular weight is 478 g/mol. The highest BCUT2D eigenvalue weighted by molar-refractivity contribution is 7.80. The standard InChI is InChI=1S/C25H24ClN5OS/c1-3-4-7-17-10-12-18(13-11-17)31-29-22-14-16(2)21(15-23(22)30-31)27-25(33)28-24(32)19-8-5-6-9-20(19)26/h5-6,8-15H,3-4,7H2,1-2H3,(H2,27,28,32,33). The Hall–Kier alpha value is -3.29. The molecule has 4 aromatic rings. The fourth-order valence-electron chi connectivity index (χ4n) is 3.46. The van der Waals surface area contributed by atoms with Crippen LogP contribution in [0.4, 0.5) is 5.69 Å². The molecule has 2 N–H and O–H groups in total. The Balaban J connectivity index is 1.50. The summed E-state index contributed by atoms with van der Waals surface area (Å²) in [7, 11) is 0. The molecule has 0 spiro atoms. The Morgan fingerprint density at radius 2 is 1.76 bits per heavy atom. The number of halogens is 1. The number of fused-ring (bicyclic) bond motifs is 1. The summed E-state index contributed by atoms with van der Waals surface area (Å²) in [5, 5.41) is 15.5. The molecular formula is C25H24ClN5OS. The van der Waals surface area contributed by atoms with E-state index in [0.29, 0.717) is 10.6 Å². The molecule has 0 radical (unpaired) electrons. The van der Waals surface area contributed by atoms with Crippen LogP contribution in [0.25, 0.3) is 16.7 Å². The Kier molecular flexibility index (Phi) is 7.01. The molecule has 0 fully saturated rings. The van der Waals surface area contributed by atoms with E-state index in [1.165, 1.54) is 18.4 Å². The molecule has 1 heterocycles. The van der Waals surface area contributed by atoms with E-state index in [1.807, 2.05) is 31.2 Å². The third-order valence-electron chi connectivity index (χ3n) is 5.31. The molecule has 0 saturated heterocycles. The number of carbonyl (C=O) groups excluding carboxylic acids is 1. The van der Waals surface area contributed by atoms with Crippen LogP contribution in [-0.2, 0) is 6.42 Å². The Morgan fingerprint density at radius 1 is 1.06 bits per heavy atom. The van der Waals surface area contributed by atoms with Gasteiger partial charge in [0.25, 0.3) is 5.91 Å². The zero-order chi connectivity index (χ0) is 23.4. The highest BCUT2D eigenvalue weighted by atomic mass is 35.5. The first-order valence-electron chi connectivity index (χ1n) is 10.8. The van der Waals surface area contributed by atoms with Crippen molar-refractivity contribution in [1.82, 2.24) is 20.3 Å². The van der Waals surface area contributed by atoms with Crippen LogP contribution in [0.5, 0.6) is 0 Å². The van der Waals surface area contributed by atoms with Crippen molar-refractivity contribution in [3.8, 4) is 5.69 Å². The van der Waals surface area contributed by atoms with Gasteiger partial charge in [0.1, 0.15) is 11.0 Å². The predicted molar refractivity (Wildman–Crippen MR) is 137 cm³/mol. The normalized spacial score (nSPS) is 10.9. The minimum Gasteiger partial charge on any atom is -0.332 e. The number of carbonyl (C=O) groups is 1. The number of hydrogen-bond acceptors (Lipinski definition) is 4. The number of nitrogens with zero attached hydrogens (tertiary/aromatic N) is 3. The highest BCUT2D eigenvalue weighted by Crippen LogP contribution is 2.23. The number of nitrogens with one attached hydrogen (secondary N) is 2. The Morgan fingerprint density at radius 3 is 2.45 bits per heavy atom. The predicted octanol–water partition coefficient (Wildman–Crippen LogP) is 5.85. The second-order valence-electron chi connectivity index (χ2n) is 7.80. The van der Waals surface area contributed by atoms with E-state index >= 15 is 0 Å². The van der Waals surface area contributed by atoms with Crippen LogP contribution in [0, 0.1) is 6.92 Å². The van der Waals surface area contributed by atoms with Crippen molar-refractivity contribution in [2.75, 3.05) is 5.32 Å². The fraction of sp³-hybridized carbons (Fsp3) is 0.200. The lowest BCUT2D eigenvalue weighted by molar-refractivity contribution is 0.0978. The number of hydrogen-bond donors (Lipinski definition) is 2. The van der Waals surface area contributed by atoms with Crippen molar-refractivity contribution in [3.05, 3.63) is 82.4 Å². The molecule has 0 saturated carbocycles. The summed E-state index contributed by atoms with van der Waals surface area (Å²) in [6.45, 7) is 4.14. The first-order valence-corrected chi connectivity index (χ1v) is 11.6. The van der Waals surface area contributed by atoms with Gasteiger partial charge in [0.15, 0.2) is 5.11 Å². The molecule has 4 rings (SSSR count). The van der Waals surface area contributed by atoms with Gasteiger partial charge in [0, 0.05) is 5.69 Å². The van der Waals surface area contributed by atoms with Crippen LogP contribution >= 0.6 is 23.8 Å². The molecule has 33 heavy (non-hydrogen) atoms. The van der Waals surface area contributed by atoms with Crippen molar-refractivity contribution >= 4 is 51.6 Å². The number of aromatic nitrogens is 3. The fourth-order valence-corrected chi connectivity index (χ4v) is 3.89. The molecule has 0 aliphatic rings. The van der Waals surface area contributed by atoms with Gasteiger partial charge in [-0.2, -0.15) is 4.80 Å².